The number of nitrogens with one attached hydrogen (secondary N) is 1. The molecule has 0 radical (unpaired) electrons. The number of nitrogens with zero attached hydrogens (tertiary/aromatic N) is 2. The number of hydrogen-bond acceptors (Lipinski definition) is 4. The zero-order chi connectivity index (χ0) is 18.6. The molecule has 3 rings (SSSR count). The molecule has 0 atom stereocenters. The molecule has 1 N–H and O–H groups in total. The molecule has 26 heavy (non-hydrogen) atoms. The molecular formula is C18H14F3N3OS. The first-order valence-electron chi connectivity index (χ1n) is 7.74. The summed E-state index contributed by atoms with van der Waals surface area (Å²) in [5.41, 5.74) is 1.08. The van der Waals surface area contributed by atoms with Crippen molar-refractivity contribution in [2.45, 2.75) is 19.0 Å². The topological polar surface area (TPSA) is 54.9 Å². The second kappa shape index (κ2) is 7.65. The molecule has 0 unspecified atom stereocenters. The van der Waals surface area contributed by atoms with Gasteiger partial charge in [-0.05, 0) is 30.3 Å². The normalized spacial score (nSPS) is 11.3. The summed E-state index contributed by atoms with van der Waals surface area (Å²) < 4.78 is 38.1. The molecule has 0 fully saturated rings. The van der Waals surface area contributed by atoms with Crippen molar-refractivity contribution in [3.63, 3.8) is 0 Å². The van der Waals surface area contributed by atoms with E-state index in [1.54, 1.807) is 12.4 Å². The molecule has 8 heteroatoms. The Morgan fingerprint density at radius 1 is 1.15 bits per heavy atom. The fourth-order valence-electron chi connectivity index (χ4n) is 2.30. The van der Waals surface area contributed by atoms with Gasteiger partial charge in [-0.3, -0.25) is 9.78 Å². The van der Waals surface area contributed by atoms with Crippen molar-refractivity contribution >= 4 is 22.9 Å². The Labute approximate surface area is 151 Å². The van der Waals surface area contributed by atoms with Crippen molar-refractivity contribution in [2.75, 3.05) is 5.32 Å². The molecular weight excluding hydrogens is 363 g/mol. The number of carbonyl (C=O) groups excluding carboxylic acids is 1. The van der Waals surface area contributed by atoms with Crippen LogP contribution in [0.4, 0.5) is 18.9 Å². The second-order valence-electron chi connectivity index (χ2n) is 5.49. The maximum Gasteiger partial charge on any atom is 0.416 e. The van der Waals surface area contributed by atoms with Gasteiger partial charge < -0.3 is 5.32 Å². The number of thiazole rings is 1. The highest BCUT2D eigenvalue weighted by Crippen LogP contribution is 2.30. The number of aromatic nitrogens is 2. The van der Waals surface area contributed by atoms with Crippen molar-refractivity contribution in [3.05, 3.63) is 64.7 Å². The summed E-state index contributed by atoms with van der Waals surface area (Å²) in [5, 5.41) is 5.18. The van der Waals surface area contributed by atoms with E-state index in [0.717, 1.165) is 28.4 Å². The lowest BCUT2D eigenvalue weighted by molar-refractivity contribution is -0.137. The van der Waals surface area contributed by atoms with Crippen LogP contribution in [-0.2, 0) is 17.4 Å². The van der Waals surface area contributed by atoms with Gasteiger partial charge in [-0.1, -0.05) is 6.07 Å². The van der Waals surface area contributed by atoms with Gasteiger partial charge in [0.25, 0.3) is 0 Å². The van der Waals surface area contributed by atoms with Gasteiger partial charge in [0.15, 0.2) is 0 Å². The lowest BCUT2D eigenvalue weighted by Gasteiger charge is -2.09. The first-order valence-corrected chi connectivity index (χ1v) is 8.62. The number of benzene rings is 1. The molecule has 1 amide bonds. The summed E-state index contributed by atoms with van der Waals surface area (Å²) >= 11 is 1.44. The predicted octanol–water partition coefficient (Wildman–Crippen LogP) is 4.80. The zero-order valence-corrected chi connectivity index (χ0v) is 14.3. The zero-order valence-electron chi connectivity index (χ0n) is 13.5. The van der Waals surface area contributed by atoms with Gasteiger partial charge in [-0.15, -0.1) is 11.3 Å². The first kappa shape index (κ1) is 18.1. The van der Waals surface area contributed by atoms with Gasteiger partial charge in [0.1, 0.15) is 0 Å². The van der Waals surface area contributed by atoms with E-state index >= 15 is 0 Å². The maximum atomic E-state index is 12.7. The molecule has 0 spiro atoms. The summed E-state index contributed by atoms with van der Waals surface area (Å²) in [6, 6.07) is 8.27. The number of rotatable bonds is 5. The van der Waals surface area contributed by atoms with Crippen molar-refractivity contribution < 1.29 is 18.0 Å². The first-order chi connectivity index (χ1) is 12.4. The van der Waals surface area contributed by atoms with Gasteiger partial charge in [-0.25, -0.2) is 4.98 Å². The van der Waals surface area contributed by atoms with E-state index in [2.05, 4.69) is 15.3 Å². The molecule has 134 valence electrons. The molecule has 0 saturated heterocycles. The Kier molecular flexibility index (Phi) is 5.32. The van der Waals surface area contributed by atoms with Crippen LogP contribution in [0.5, 0.6) is 0 Å². The Morgan fingerprint density at radius 3 is 2.65 bits per heavy atom. The monoisotopic (exact) mass is 377 g/mol. The predicted molar refractivity (Wildman–Crippen MR) is 93.7 cm³/mol. The molecule has 0 bridgehead atoms. The van der Waals surface area contributed by atoms with Crippen LogP contribution in [0, 0.1) is 0 Å². The third kappa shape index (κ3) is 4.66. The molecule has 2 heterocycles. The van der Waals surface area contributed by atoms with E-state index in [9.17, 15) is 18.0 Å². The molecule has 4 nitrogen and oxygen atoms in total. The Balaban J connectivity index is 1.57. The number of pyridine rings is 1. The molecule has 1 aromatic carbocycles. The van der Waals surface area contributed by atoms with Crippen LogP contribution >= 0.6 is 11.3 Å². The van der Waals surface area contributed by atoms with Gasteiger partial charge in [0.2, 0.25) is 5.91 Å². The van der Waals surface area contributed by atoms with Crippen LogP contribution in [0.2, 0.25) is 0 Å². The Hall–Kier alpha value is -2.74. The molecule has 0 aliphatic carbocycles. The summed E-state index contributed by atoms with van der Waals surface area (Å²) in [6.07, 6.45) is -0.529. The van der Waals surface area contributed by atoms with E-state index in [1.165, 1.54) is 23.5 Å². The minimum absolute atomic E-state index is 0.126. The molecule has 0 aliphatic rings. The van der Waals surface area contributed by atoms with Crippen LogP contribution in [0.3, 0.4) is 0 Å². The van der Waals surface area contributed by atoms with E-state index < -0.39 is 11.7 Å². The average molecular weight is 377 g/mol. The quantitative estimate of drug-likeness (QED) is 0.695. The van der Waals surface area contributed by atoms with E-state index in [0.29, 0.717) is 6.42 Å². The lowest BCUT2D eigenvalue weighted by atomic mass is 10.2. The molecule has 2 aromatic heterocycles. The van der Waals surface area contributed by atoms with Crippen LogP contribution in [0.1, 0.15) is 17.0 Å². The highest BCUT2D eigenvalue weighted by Gasteiger charge is 2.30. The Morgan fingerprint density at radius 2 is 1.92 bits per heavy atom. The van der Waals surface area contributed by atoms with Gasteiger partial charge in [-0.2, -0.15) is 13.2 Å². The summed E-state index contributed by atoms with van der Waals surface area (Å²) in [6.45, 7) is 0. The Bertz CT molecular complexity index is 894. The molecule has 0 saturated carbocycles. The smallest absolute Gasteiger partial charge is 0.326 e. The minimum atomic E-state index is -4.44. The average Bonchev–Trinajstić information content (AvgIpc) is 3.09. The fraction of sp³-hybridized carbons (Fsp3) is 0.167. The number of carbonyl (C=O) groups is 1. The fourth-order valence-corrected chi connectivity index (χ4v) is 3.11. The maximum absolute atomic E-state index is 12.7. The van der Waals surface area contributed by atoms with Crippen LogP contribution in [-0.4, -0.2) is 15.9 Å². The van der Waals surface area contributed by atoms with Crippen LogP contribution in [0.25, 0.3) is 11.3 Å². The number of anilines is 1. The molecule has 3 aromatic rings. The largest absolute Gasteiger partial charge is 0.416 e. The number of alkyl halides is 3. The van der Waals surface area contributed by atoms with Crippen molar-refractivity contribution in [2.24, 2.45) is 0 Å². The number of halogens is 3. The minimum Gasteiger partial charge on any atom is -0.326 e. The summed E-state index contributed by atoms with van der Waals surface area (Å²) in [4.78, 5) is 20.4. The van der Waals surface area contributed by atoms with Crippen molar-refractivity contribution in [1.82, 2.24) is 9.97 Å². The second-order valence-corrected chi connectivity index (χ2v) is 6.43. The highest BCUT2D eigenvalue weighted by atomic mass is 32.1. The third-order valence-electron chi connectivity index (χ3n) is 3.57. The molecule has 0 aliphatic heterocycles. The van der Waals surface area contributed by atoms with Crippen LogP contribution in [0.15, 0.2) is 54.2 Å². The number of amides is 1. The number of aryl methyl sites for hydroxylation is 1. The van der Waals surface area contributed by atoms with Gasteiger partial charge in [0, 0.05) is 41.9 Å². The lowest BCUT2D eigenvalue weighted by Crippen LogP contribution is -2.13. The van der Waals surface area contributed by atoms with E-state index in [4.69, 9.17) is 0 Å². The highest BCUT2D eigenvalue weighted by molar-refractivity contribution is 7.09. The SMILES string of the molecule is O=C(CCc1nc(-c2ccncc2)cs1)Nc1cccc(C(F)(F)F)c1. The van der Waals surface area contributed by atoms with E-state index in [1.807, 2.05) is 17.5 Å². The number of hydrogen-bond donors (Lipinski definition) is 1. The summed E-state index contributed by atoms with van der Waals surface area (Å²) in [5.74, 6) is -0.356. The van der Waals surface area contributed by atoms with Crippen LogP contribution < -0.4 is 5.32 Å². The van der Waals surface area contributed by atoms with Crippen molar-refractivity contribution in [1.29, 1.82) is 0 Å². The standard InChI is InChI=1S/C18H14F3N3OS/c19-18(20,21)13-2-1-3-14(10-13)23-16(25)4-5-17-24-15(11-26-17)12-6-8-22-9-7-12/h1-3,6-11H,4-5H2,(H,23,25). The van der Waals surface area contributed by atoms with Crippen molar-refractivity contribution in [3.8, 4) is 11.3 Å². The third-order valence-corrected chi connectivity index (χ3v) is 4.48. The summed E-state index contributed by atoms with van der Waals surface area (Å²) in [7, 11) is 0. The van der Waals surface area contributed by atoms with Gasteiger partial charge >= 0.3 is 6.18 Å². The van der Waals surface area contributed by atoms with E-state index in [-0.39, 0.29) is 18.0 Å². The van der Waals surface area contributed by atoms with Gasteiger partial charge in [0.05, 0.1) is 16.3 Å².